The van der Waals surface area contributed by atoms with Crippen molar-refractivity contribution in [2.24, 2.45) is 0 Å². The van der Waals surface area contributed by atoms with Crippen LogP contribution in [0.5, 0.6) is 0 Å². The summed E-state index contributed by atoms with van der Waals surface area (Å²) in [5.41, 5.74) is 1.17. The van der Waals surface area contributed by atoms with Crippen LogP contribution in [0, 0.1) is 6.92 Å². The summed E-state index contributed by atoms with van der Waals surface area (Å²) in [6.07, 6.45) is 1.57. The van der Waals surface area contributed by atoms with Gasteiger partial charge in [-0.2, -0.15) is 0 Å². The van der Waals surface area contributed by atoms with E-state index in [9.17, 15) is 8.42 Å². The first-order chi connectivity index (χ1) is 8.71. The SMILES string of the molecule is Cc1ccc(S(=O)(=O)CCCCNC(C)(C)C)cc1. The van der Waals surface area contributed by atoms with Gasteiger partial charge in [-0.15, -0.1) is 0 Å². The fourth-order valence-corrected chi connectivity index (χ4v) is 3.11. The smallest absolute Gasteiger partial charge is 0.178 e. The number of hydrogen-bond donors (Lipinski definition) is 1. The normalized spacial score (nSPS) is 12.6. The van der Waals surface area contributed by atoms with Gasteiger partial charge in [-0.05, 0) is 59.2 Å². The van der Waals surface area contributed by atoms with E-state index in [1.807, 2.05) is 19.1 Å². The van der Waals surface area contributed by atoms with Crippen LogP contribution in [-0.2, 0) is 9.84 Å². The van der Waals surface area contributed by atoms with E-state index in [4.69, 9.17) is 0 Å². The van der Waals surface area contributed by atoms with Gasteiger partial charge in [-0.1, -0.05) is 17.7 Å². The molecule has 0 heterocycles. The van der Waals surface area contributed by atoms with Gasteiger partial charge < -0.3 is 5.32 Å². The summed E-state index contributed by atoms with van der Waals surface area (Å²) in [6.45, 7) is 9.13. The molecule has 1 aromatic rings. The zero-order chi connectivity index (χ0) is 14.5. The molecule has 0 unspecified atom stereocenters. The van der Waals surface area contributed by atoms with Crippen LogP contribution in [0.4, 0.5) is 0 Å². The molecule has 0 fully saturated rings. The van der Waals surface area contributed by atoms with E-state index in [2.05, 4.69) is 26.1 Å². The van der Waals surface area contributed by atoms with Gasteiger partial charge in [0.15, 0.2) is 9.84 Å². The molecule has 1 aromatic carbocycles. The van der Waals surface area contributed by atoms with Crippen LogP contribution in [0.1, 0.15) is 39.2 Å². The zero-order valence-electron chi connectivity index (χ0n) is 12.4. The van der Waals surface area contributed by atoms with Crippen molar-refractivity contribution in [3.8, 4) is 0 Å². The lowest BCUT2D eigenvalue weighted by Crippen LogP contribution is -2.36. The van der Waals surface area contributed by atoms with Gasteiger partial charge in [0.1, 0.15) is 0 Å². The maximum Gasteiger partial charge on any atom is 0.178 e. The molecule has 0 aliphatic carbocycles. The Morgan fingerprint density at radius 2 is 1.63 bits per heavy atom. The topological polar surface area (TPSA) is 46.2 Å². The number of sulfone groups is 1. The molecule has 1 rings (SSSR count). The molecule has 4 heteroatoms. The Kier molecular flexibility index (Phi) is 5.56. The average Bonchev–Trinajstić information content (AvgIpc) is 2.27. The van der Waals surface area contributed by atoms with Crippen LogP contribution in [0.25, 0.3) is 0 Å². The molecule has 0 radical (unpaired) electrons. The van der Waals surface area contributed by atoms with Crippen LogP contribution in [-0.4, -0.2) is 26.3 Å². The van der Waals surface area contributed by atoms with Gasteiger partial charge in [0.2, 0.25) is 0 Å². The fraction of sp³-hybridized carbons (Fsp3) is 0.600. The zero-order valence-corrected chi connectivity index (χ0v) is 13.2. The van der Waals surface area contributed by atoms with E-state index < -0.39 is 9.84 Å². The summed E-state index contributed by atoms with van der Waals surface area (Å²) in [5, 5.41) is 3.36. The highest BCUT2D eigenvalue weighted by atomic mass is 32.2. The minimum Gasteiger partial charge on any atom is -0.312 e. The van der Waals surface area contributed by atoms with Crippen molar-refractivity contribution < 1.29 is 8.42 Å². The molecule has 0 aliphatic heterocycles. The van der Waals surface area contributed by atoms with Gasteiger partial charge in [-0.25, -0.2) is 8.42 Å². The molecule has 0 saturated heterocycles. The Morgan fingerprint density at radius 3 is 2.16 bits per heavy atom. The summed E-state index contributed by atoms with van der Waals surface area (Å²) >= 11 is 0. The molecular weight excluding hydrogens is 258 g/mol. The minimum atomic E-state index is -3.12. The fourth-order valence-electron chi connectivity index (χ4n) is 1.74. The lowest BCUT2D eigenvalue weighted by molar-refractivity contribution is 0.421. The molecule has 108 valence electrons. The van der Waals surface area contributed by atoms with E-state index >= 15 is 0 Å². The molecule has 19 heavy (non-hydrogen) atoms. The number of hydrogen-bond acceptors (Lipinski definition) is 3. The molecule has 0 amide bonds. The third-order valence-electron chi connectivity index (χ3n) is 2.88. The Balaban J connectivity index is 2.42. The molecule has 0 aromatic heterocycles. The van der Waals surface area contributed by atoms with E-state index in [1.165, 1.54) is 0 Å². The molecule has 0 atom stereocenters. The van der Waals surface area contributed by atoms with Gasteiger partial charge in [0, 0.05) is 5.54 Å². The maximum atomic E-state index is 12.1. The third kappa shape index (κ3) is 6.21. The van der Waals surface area contributed by atoms with Gasteiger partial charge in [0.25, 0.3) is 0 Å². The standard InChI is InChI=1S/C15H25NO2S/c1-13-7-9-14(10-8-13)19(17,18)12-6-5-11-16-15(2,3)4/h7-10,16H,5-6,11-12H2,1-4H3. The minimum absolute atomic E-state index is 0.0931. The number of unbranched alkanes of at least 4 members (excludes halogenated alkanes) is 1. The Hall–Kier alpha value is -0.870. The van der Waals surface area contributed by atoms with Crippen molar-refractivity contribution in [3.05, 3.63) is 29.8 Å². The Labute approximate surface area is 117 Å². The summed E-state index contributed by atoms with van der Waals surface area (Å²) < 4.78 is 24.2. The predicted octanol–water partition coefficient (Wildman–Crippen LogP) is 2.94. The Morgan fingerprint density at radius 1 is 1.05 bits per heavy atom. The number of rotatable bonds is 6. The highest BCUT2D eigenvalue weighted by molar-refractivity contribution is 7.91. The highest BCUT2D eigenvalue weighted by Gasteiger charge is 2.14. The van der Waals surface area contributed by atoms with Crippen molar-refractivity contribution in [1.29, 1.82) is 0 Å². The first kappa shape index (κ1) is 16.2. The van der Waals surface area contributed by atoms with Crippen LogP contribution in [0.15, 0.2) is 29.2 Å². The molecule has 3 nitrogen and oxygen atoms in total. The number of benzene rings is 1. The molecule has 0 aliphatic rings. The Bertz CT molecular complexity index is 484. The predicted molar refractivity (Wildman–Crippen MR) is 80.2 cm³/mol. The van der Waals surface area contributed by atoms with Crippen molar-refractivity contribution in [2.75, 3.05) is 12.3 Å². The lowest BCUT2D eigenvalue weighted by Gasteiger charge is -2.20. The maximum absolute atomic E-state index is 12.1. The van der Waals surface area contributed by atoms with Gasteiger partial charge in [0.05, 0.1) is 10.6 Å². The second-order valence-electron chi connectivity index (χ2n) is 6.02. The molecule has 1 N–H and O–H groups in total. The lowest BCUT2D eigenvalue weighted by atomic mass is 10.1. The van der Waals surface area contributed by atoms with Gasteiger partial charge in [-0.3, -0.25) is 0 Å². The summed E-state index contributed by atoms with van der Waals surface area (Å²) in [6, 6.07) is 7.07. The van der Waals surface area contributed by atoms with Crippen LogP contribution in [0.2, 0.25) is 0 Å². The number of aryl methyl sites for hydroxylation is 1. The summed E-state index contributed by atoms with van der Waals surface area (Å²) in [4.78, 5) is 0.432. The molecule has 0 bridgehead atoms. The van der Waals surface area contributed by atoms with Crippen LogP contribution >= 0.6 is 0 Å². The molecule has 0 spiro atoms. The van der Waals surface area contributed by atoms with E-state index in [0.29, 0.717) is 11.3 Å². The van der Waals surface area contributed by atoms with E-state index in [-0.39, 0.29) is 11.3 Å². The van der Waals surface area contributed by atoms with Crippen molar-refractivity contribution in [2.45, 2.75) is 51.0 Å². The molecule has 0 saturated carbocycles. The first-order valence-electron chi connectivity index (χ1n) is 6.75. The van der Waals surface area contributed by atoms with Crippen molar-refractivity contribution in [1.82, 2.24) is 5.32 Å². The van der Waals surface area contributed by atoms with Crippen LogP contribution in [0.3, 0.4) is 0 Å². The van der Waals surface area contributed by atoms with Crippen molar-refractivity contribution >= 4 is 9.84 Å². The summed E-state index contributed by atoms with van der Waals surface area (Å²) in [7, 11) is -3.12. The van der Waals surface area contributed by atoms with Crippen LogP contribution < -0.4 is 5.32 Å². The quantitative estimate of drug-likeness (QED) is 0.817. The monoisotopic (exact) mass is 283 g/mol. The number of nitrogens with one attached hydrogen (secondary N) is 1. The largest absolute Gasteiger partial charge is 0.312 e. The first-order valence-corrected chi connectivity index (χ1v) is 8.40. The second-order valence-corrected chi connectivity index (χ2v) is 8.12. The second kappa shape index (κ2) is 6.53. The van der Waals surface area contributed by atoms with E-state index in [0.717, 1.165) is 18.5 Å². The highest BCUT2D eigenvalue weighted by Crippen LogP contribution is 2.13. The van der Waals surface area contributed by atoms with Gasteiger partial charge >= 0.3 is 0 Å². The molecular formula is C15H25NO2S. The van der Waals surface area contributed by atoms with Crippen molar-refractivity contribution in [3.63, 3.8) is 0 Å². The van der Waals surface area contributed by atoms with E-state index in [1.54, 1.807) is 12.1 Å². The summed E-state index contributed by atoms with van der Waals surface area (Å²) in [5.74, 6) is 0.224. The average molecular weight is 283 g/mol. The third-order valence-corrected chi connectivity index (χ3v) is 4.69.